The van der Waals surface area contributed by atoms with Crippen LogP contribution >= 0.6 is 24.8 Å². The first-order valence-corrected chi connectivity index (χ1v) is 15.8. The van der Waals surface area contributed by atoms with Crippen LogP contribution in [0.2, 0.25) is 0 Å². The van der Waals surface area contributed by atoms with E-state index in [1.807, 2.05) is 17.0 Å². The zero-order valence-electron chi connectivity index (χ0n) is 26.4. The lowest BCUT2D eigenvalue weighted by molar-refractivity contribution is -0.137. The van der Waals surface area contributed by atoms with Gasteiger partial charge in [-0.1, -0.05) is 60.7 Å². The number of rotatable bonds is 12. The van der Waals surface area contributed by atoms with Crippen LogP contribution in [0.15, 0.2) is 60.7 Å². The largest absolute Gasteiger partial charge is 0.481 e. The topological polar surface area (TPSA) is 91.3 Å². The van der Waals surface area contributed by atoms with E-state index in [1.54, 1.807) is 0 Å². The number of amides is 1. The second kappa shape index (κ2) is 16.8. The lowest BCUT2D eigenvalue weighted by Gasteiger charge is -2.53. The lowest BCUT2D eigenvalue weighted by Crippen LogP contribution is -2.67. The summed E-state index contributed by atoms with van der Waals surface area (Å²) in [6.45, 7) is 2.55. The van der Waals surface area contributed by atoms with Crippen molar-refractivity contribution >= 4 is 30.7 Å². The van der Waals surface area contributed by atoms with E-state index in [2.05, 4.69) is 68.3 Å². The number of halogens is 4. The van der Waals surface area contributed by atoms with Gasteiger partial charge in [0.1, 0.15) is 5.82 Å². The summed E-state index contributed by atoms with van der Waals surface area (Å²) in [5, 5.41) is 9.44. The zero-order valence-corrected chi connectivity index (χ0v) is 28.1. The van der Waals surface area contributed by atoms with Crippen molar-refractivity contribution in [2.45, 2.75) is 56.2 Å². The van der Waals surface area contributed by atoms with Crippen LogP contribution in [-0.4, -0.2) is 107 Å². The Morgan fingerprint density at radius 1 is 0.936 bits per heavy atom. The average Bonchev–Trinajstić information content (AvgIpc) is 3.91. The Morgan fingerprint density at radius 2 is 1.57 bits per heavy atom. The molecule has 2 aromatic carbocycles. The van der Waals surface area contributed by atoms with E-state index in [1.165, 1.54) is 18.2 Å². The first-order valence-electron chi connectivity index (χ1n) is 15.8. The van der Waals surface area contributed by atoms with Gasteiger partial charge in [0.15, 0.2) is 6.61 Å². The van der Waals surface area contributed by atoms with Crippen molar-refractivity contribution in [1.82, 2.24) is 24.7 Å². The summed E-state index contributed by atoms with van der Waals surface area (Å²) in [5.74, 6) is 1.25. The number of aliphatic hydroxyl groups excluding tert-OH is 1. The number of nitrogens with zero attached hydrogens (tertiary/aromatic N) is 5. The van der Waals surface area contributed by atoms with E-state index in [0.717, 1.165) is 12.8 Å². The molecule has 2 aliphatic heterocycles. The second-order valence-corrected chi connectivity index (χ2v) is 12.1. The van der Waals surface area contributed by atoms with Gasteiger partial charge in [-0.2, -0.15) is 9.97 Å². The molecule has 3 aromatic rings. The number of carbonyl (C=O) groups is 1. The van der Waals surface area contributed by atoms with Crippen molar-refractivity contribution < 1.29 is 28.2 Å². The maximum absolute atomic E-state index is 13.3. The first kappa shape index (κ1) is 36.7. The molecular formula is C34H43Cl2F2N5O4. The van der Waals surface area contributed by atoms with Gasteiger partial charge in [0.05, 0.1) is 19.3 Å². The standard InChI is InChI=1S/C34H41F2N5O4.2ClH/c1-44-33-27(34(45-22-29(35)36)38-32(37-33)25-12-13-25)20-39-18-26-19-40(30(43)14-17-42)15-16-41(26)28(21-39)31(23-8-4-2-5-9-23)24-10-6-3-7-11-24;;/h2-11,25-26,28-29,31,42H,12-22H2,1H3;2*1H/t26-,28+;;/m1../s1. The maximum atomic E-state index is 13.3. The summed E-state index contributed by atoms with van der Waals surface area (Å²) in [4.78, 5) is 28.8. The number of benzene rings is 2. The fourth-order valence-corrected chi connectivity index (χ4v) is 6.85. The van der Waals surface area contributed by atoms with E-state index in [0.29, 0.717) is 56.5 Å². The van der Waals surface area contributed by atoms with Gasteiger partial charge in [-0.15, -0.1) is 24.8 Å². The van der Waals surface area contributed by atoms with E-state index < -0.39 is 13.0 Å². The van der Waals surface area contributed by atoms with Crippen LogP contribution in [0.4, 0.5) is 8.78 Å². The molecule has 6 rings (SSSR count). The molecule has 2 atom stereocenters. The van der Waals surface area contributed by atoms with Gasteiger partial charge in [0.2, 0.25) is 17.7 Å². The molecule has 3 heterocycles. The Balaban J connectivity index is 0.00000250. The molecule has 47 heavy (non-hydrogen) atoms. The molecule has 3 fully saturated rings. The molecule has 2 saturated heterocycles. The van der Waals surface area contributed by atoms with E-state index in [4.69, 9.17) is 9.47 Å². The van der Waals surface area contributed by atoms with Crippen LogP contribution in [0.5, 0.6) is 11.8 Å². The Hall–Kier alpha value is -3.09. The minimum atomic E-state index is -2.64. The molecular weight excluding hydrogens is 651 g/mol. The fourth-order valence-electron chi connectivity index (χ4n) is 6.85. The van der Waals surface area contributed by atoms with E-state index >= 15 is 0 Å². The maximum Gasteiger partial charge on any atom is 0.272 e. The van der Waals surface area contributed by atoms with Gasteiger partial charge in [-0.25, -0.2) is 8.78 Å². The number of aliphatic hydroxyl groups is 1. The number of hydrogen-bond acceptors (Lipinski definition) is 8. The molecule has 1 N–H and O–H groups in total. The Morgan fingerprint density at radius 3 is 2.15 bits per heavy atom. The number of ether oxygens (including phenoxy) is 2. The summed E-state index contributed by atoms with van der Waals surface area (Å²) < 4.78 is 37.9. The van der Waals surface area contributed by atoms with Crippen LogP contribution in [0.1, 0.15) is 53.6 Å². The normalized spacial score (nSPS) is 19.9. The minimum absolute atomic E-state index is 0. The SMILES string of the molecule is COc1nc(C2CC2)nc(OCC(F)F)c1CN1C[C@@H]2CN(C(=O)CCO)CCN2[C@H](C(c2ccccc2)c2ccccc2)C1.Cl.Cl. The summed E-state index contributed by atoms with van der Waals surface area (Å²) in [5.41, 5.74) is 2.95. The van der Waals surface area contributed by atoms with Gasteiger partial charge < -0.3 is 19.5 Å². The smallest absolute Gasteiger partial charge is 0.272 e. The second-order valence-electron chi connectivity index (χ2n) is 12.1. The number of aromatic nitrogens is 2. The molecule has 0 radical (unpaired) electrons. The number of methoxy groups -OCH3 is 1. The van der Waals surface area contributed by atoms with Gasteiger partial charge >= 0.3 is 0 Å². The van der Waals surface area contributed by atoms with Crippen molar-refractivity contribution in [2.24, 2.45) is 0 Å². The molecule has 1 amide bonds. The molecule has 13 heteroatoms. The fraction of sp³-hybridized carbons (Fsp3) is 0.500. The number of carbonyl (C=O) groups excluding carboxylic acids is 1. The lowest BCUT2D eigenvalue weighted by atomic mass is 9.81. The van der Waals surface area contributed by atoms with Gasteiger partial charge in [-0.3, -0.25) is 14.6 Å². The molecule has 0 unspecified atom stereocenters. The summed E-state index contributed by atoms with van der Waals surface area (Å²) in [6, 6.07) is 21.0. The van der Waals surface area contributed by atoms with E-state index in [9.17, 15) is 18.7 Å². The van der Waals surface area contributed by atoms with Crippen LogP contribution in [0.3, 0.4) is 0 Å². The molecule has 1 aliphatic carbocycles. The molecule has 0 bridgehead atoms. The van der Waals surface area contributed by atoms with Crippen LogP contribution < -0.4 is 9.47 Å². The molecule has 1 aromatic heterocycles. The third kappa shape index (κ3) is 8.69. The highest BCUT2D eigenvalue weighted by molar-refractivity contribution is 5.85. The molecule has 1 saturated carbocycles. The van der Waals surface area contributed by atoms with E-state index in [-0.39, 0.29) is 73.5 Å². The summed E-state index contributed by atoms with van der Waals surface area (Å²) in [7, 11) is 1.53. The zero-order chi connectivity index (χ0) is 31.3. The molecule has 0 spiro atoms. The quantitative estimate of drug-likeness (QED) is 0.291. The van der Waals surface area contributed by atoms with Gasteiger partial charge in [0.25, 0.3) is 6.43 Å². The highest BCUT2D eigenvalue weighted by Gasteiger charge is 2.43. The molecule has 256 valence electrons. The van der Waals surface area contributed by atoms with Crippen LogP contribution in [0.25, 0.3) is 0 Å². The van der Waals surface area contributed by atoms with Crippen molar-refractivity contribution in [3.63, 3.8) is 0 Å². The Kier molecular flexibility index (Phi) is 13.2. The Labute approximate surface area is 287 Å². The molecule has 9 nitrogen and oxygen atoms in total. The van der Waals surface area contributed by atoms with Gasteiger partial charge in [0, 0.05) is 69.6 Å². The Bertz CT molecular complexity index is 1400. The number of piperazine rings is 2. The number of hydrogen-bond donors (Lipinski definition) is 1. The van der Waals surface area contributed by atoms with Crippen LogP contribution in [0, 0.1) is 0 Å². The predicted octanol–water partition coefficient (Wildman–Crippen LogP) is 4.76. The van der Waals surface area contributed by atoms with Crippen molar-refractivity contribution in [2.75, 3.05) is 53.0 Å². The first-order chi connectivity index (χ1) is 21.9. The highest BCUT2D eigenvalue weighted by atomic mass is 35.5. The van der Waals surface area contributed by atoms with Crippen molar-refractivity contribution in [3.05, 3.63) is 83.2 Å². The average molecular weight is 695 g/mol. The highest BCUT2D eigenvalue weighted by Crippen LogP contribution is 2.41. The van der Waals surface area contributed by atoms with Crippen LogP contribution in [-0.2, 0) is 11.3 Å². The van der Waals surface area contributed by atoms with Crippen molar-refractivity contribution in [3.8, 4) is 11.8 Å². The summed E-state index contributed by atoms with van der Waals surface area (Å²) >= 11 is 0. The monoisotopic (exact) mass is 693 g/mol. The number of fused-ring (bicyclic) bond motifs is 1. The third-order valence-electron chi connectivity index (χ3n) is 9.06. The summed E-state index contributed by atoms with van der Waals surface area (Å²) in [6.07, 6.45) is -0.635. The van der Waals surface area contributed by atoms with Crippen molar-refractivity contribution in [1.29, 1.82) is 0 Å². The van der Waals surface area contributed by atoms with Gasteiger partial charge in [-0.05, 0) is 24.0 Å². The molecule has 3 aliphatic rings. The number of alkyl halides is 2. The predicted molar refractivity (Wildman–Crippen MR) is 179 cm³/mol. The third-order valence-corrected chi connectivity index (χ3v) is 9.06. The minimum Gasteiger partial charge on any atom is -0.481 e.